The van der Waals surface area contributed by atoms with Crippen molar-refractivity contribution in [3.05, 3.63) is 58.1 Å². The molecule has 1 amide bonds. The standard InChI is InChI=1S/C17H16BrNO3/c1-11(19-17(20)13-3-2-4-14(18)9-13)12-5-6-15-16(10-12)22-8-7-21-15/h2-6,9-11H,7-8H2,1H3,(H,19,20)/t11-/m0/s1. The fraction of sp³-hybridized carbons (Fsp3) is 0.235. The van der Waals surface area contributed by atoms with Gasteiger partial charge in [-0.1, -0.05) is 28.1 Å². The lowest BCUT2D eigenvalue weighted by atomic mass is 10.1. The number of hydrogen-bond acceptors (Lipinski definition) is 3. The van der Waals surface area contributed by atoms with E-state index in [1.807, 2.05) is 37.3 Å². The summed E-state index contributed by atoms with van der Waals surface area (Å²) in [7, 11) is 0. The van der Waals surface area contributed by atoms with E-state index >= 15 is 0 Å². The van der Waals surface area contributed by atoms with Crippen LogP contribution in [-0.4, -0.2) is 19.1 Å². The number of ether oxygens (including phenoxy) is 2. The van der Waals surface area contributed by atoms with Gasteiger partial charge in [0, 0.05) is 10.0 Å². The van der Waals surface area contributed by atoms with Crippen molar-refractivity contribution in [2.75, 3.05) is 13.2 Å². The number of amides is 1. The average Bonchev–Trinajstić information content (AvgIpc) is 2.54. The lowest BCUT2D eigenvalue weighted by molar-refractivity contribution is 0.0939. The van der Waals surface area contributed by atoms with Crippen molar-refractivity contribution >= 4 is 21.8 Å². The Morgan fingerprint density at radius 1 is 1.14 bits per heavy atom. The fourth-order valence-electron chi connectivity index (χ4n) is 2.32. The largest absolute Gasteiger partial charge is 0.486 e. The van der Waals surface area contributed by atoms with E-state index in [1.165, 1.54) is 0 Å². The van der Waals surface area contributed by atoms with Gasteiger partial charge in [0.05, 0.1) is 6.04 Å². The summed E-state index contributed by atoms with van der Waals surface area (Å²) in [6.07, 6.45) is 0. The zero-order chi connectivity index (χ0) is 15.5. The van der Waals surface area contributed by atoms with Gasteiger partial charge in [-0.15, -0.1) is 0 Å². The van der Waals surface area contributed by atoms with E-state index in [0.717, 1.165) is 21.5 Å². The quantitative estimate of drug-likeness (QED) is 0.906. The molecule has 0 bridgehead atoms. The highest BCUT2D eigenvalue weighted by Crippen LogP contribution is 2.32. The first kappa shape index (κ1) is 14.9. The second-order valence-corrected chi connectivity index (χ2v) is 6.02. The summed E-state index contributed by atoms with van der Waals surface area (Å²) in [5.74, 6) is 1.37. The molecule has 0 aliphatic carbocycles. The first-order chi connectivity index (χ1) is 10.6. The summed E-state index contributed by atoms with van der Waals surface area (Å²) in [6.45, 7) is 3.07. The van der Waals surface area contributed by atoms with Crippen LogP contribution in [0.15, 0.2) is 46.9 Å². The minimum atomic E-state index is -0.123. The molecule has 0 unspecified atom stereocenters. The second kappa shape index (κ2) is 6.40. The van der Waals surface area contributed by atoms with Crippen molar-refractivity contribution < 1.29 is 14.3 Å². The number of carbonyl (C=O) groups is 1. The molecule has 1 aliphatic heterocycles. The predicted molar refractivity (Wildman–Crippen MR) is 87.5 cm³/mol. The minimum Gasteiger partial charge on any atom is -0.486 e. The smallest absolute Gasteiger partial charge is 0.251 e. The molecule has 3 rings (SSSR count). The third-order valence-corrected chi connectivity index (χ3v) is 3.99. The third kappa shape index (κ3) is 3.25. The molecule has 4 nitrogen and oxygen atoms in total. The van der Waals surface area contributed by atoms with Crippen LogP contribution in [0.5, 0.6) is 11.5 Å². The molecule has 0 saturated carbocycles. The number of carbonyl (C=O) groups excluding carboxylic acids is 1. The first-order valence-corrected chi connectivity index (χ1v) is 7.89. The Morgan fingerprint density at radius 3 is 2.68 bits per heavy atom. The van der Waals surface area contributed by atoms with Crippen LogP contribution in [0.1, 0.15) is 28.9 Å². The second-order valence-electron chi connectivity index (χ2n) is 5.11. The molecule has 2 aromatic rings. The van der Waals surface area contributed by atoms with Crippen molar-refractivity contribution in [1.29, 1.82) is 0 Å². The lowest BCUT2D eigenvalue weighted by Crippen LogP contribution is -2.26. The Morgan fingerprint density at radius 2 is 1.91 bits per heavy atom. The lowest BCUT2D eigenvalue weighted by Gasteiger charge is -2.21. The molecule has 22 heavy (non-hydrogen) atoms. The molecular weight excluding hydrogens is 346 g/mol. The summed E-state index contributed by atoms with van der Waals surface area (Å²) < 4.78 is 12.0. The number of rotatable bonds is 3. The molecule has 0 aromatic heterocycles. The number of nitrogens with one attached hydrogen (secondary N) is 1. The number of halogens is 1. The van der Waals surface area contributed by atoms with Gasteiger partial charge in [-0.3, -0.25) is 4.79 Å². The van der Waals surface area contributed by atoms with Crippen LogP contribution in [0.3, 0.4) is 0 Å². The Labute approximate surface area is 137 Å². The van der Waals surface area contributed by atoms with E-state index in [9.17, 15) is 4.79 Å². The molecule has 1 aliphatic rings. The van der Waals surface area contributed by atoms with Crippen LogP contribution in [0.25, 0.3) is 0 Å². The van der Waals surface area contributed by atoms with E-state index in [1.54, 1.807) is 12.1 Å². The van der Waals surface area contributed by atoms with Crippen LogP contribution >= 0.6 is 15.9 Å². The molecule has 1 N–H and O–H groups in total. The molecule has 0 saturated heterocycles. The Kier molecular flexibility index (Phi) is 4.34. The molecular formula is C17H16BrNO3. The van der Waals surface area contributed by atoms with Gasteiger partial charge in [-0.25, -0.2) is 0 Å². The molecule has 1 atom stereocenters. The highest BCUT2D eigenvalue weighted by atomic mass is 79.9. The van der Waals surface area contributed by atoms with E-state index < -0.39 is 0 Å². The first-order valence-electron chi connectivity index (χ1n) is 7.09. The minimum absolute atomic E-state index is 0.108. The maximum atomic E-state index is 12.3. The van der Waals surface area contributed by atoms with Crippen molar-refractivity contribution in [2.24, 2.45) is 0 Å². The van der Waals surface area contributed by atoms with Crippen LogP contribution in [0.2, 0.25) is 0 Å². The maximum Gasteiger partial charge on any atom is 0.251 e. The fourth-order valence-corrected chi connectivity index (χ4v) is 2.72. The van der Waals surface area contributed by atoms with Gasteiger partial charge in [-0.2, -0.15) is 0 Å². The average molecular weight is 362 g/mol. The highest BCUT2D eigenvalue weighted by molar-refractivity contribution is 9.10. The zero-order valence-electron chi connectivity index (χ0n) is 12.1. The molecule has 2 aromatic carbocycles. The summed E-state index contributed by atoms with van der Waals surface area (Å²) in [4.78, 5) is 12.3. The highest BCUT2D eigenvalue weighted by Gasteiger charge is 2.16. The predicted octanol–water partition coefficient (Wildman–Crippen LogP) is 3.71. The van der Waals surface area contributed by atoms with Gasteiger partial charge >= 0.3 is 0 Å². The van der Waals surface area contributed by atoms with Crippen molar-refractivity contribution in [3.63, 3.8) is 0 Å². The van der Waals surface area contributed by atoms with Crippen LogP contribution in [0, 0.1) is 0 Å². The SMILES string of the molecule is C[C@H](NC(=O)c1cccc(Br)c1)c1ccc2c(c1)OCCO2. The zero-order valence-corrected chi connectivity index (χ0v) is 13.7. The van der Waals surface area contributed by atoms with Crippen molar-refractivity contribution in [2.45, 2.75) is 13.0 Å². The normalized spacial score (nSPS) is 14.3. The summed E-state index contributed by atoms with van der Waals surface area (Å²) >= 11 is 3.37. The number of fused-ring (bicyclic) bond motifs is 1. The number of hydrogen-bond donors (Lipinski definition) is 1. The summed E-state index contributed by atoms with van der Waals surface area (Å²) in [5.41, 5.74) is 1.60. The maximum absolute atomic E-state index is 12.3. The summed E-state index contributed by atoms with van der Waals surface area (Å²) in [6, 6.07) is 12.9. The summed E-state index contributed by atoms with van der Waals surface area (Å²) in [5, 5.41) is 2.99. The Bertz CT molecular complexity index is 702. The molecule has 1 heterocycles. The van der Waals surface area contributed by atoms with Crippen LogP contribution in [-0.2, 0) is 0 Å². The molecule has 0 spiro atoms. The molecule has 5 heteroatoms. The van der Waals surface area contributed by atoms with Crippen LogP contribution < -0.4 is 14.8 Å². The van der Waals surface area contributed by atoms with E-state index in [4.69, 9.17) is 9.47 Å². The molecule has 0 radical (unpaired) electrons. The topological polar surface area (TPSA) is 47.6 Å². The van der Waals surface area contributed by atoms with Gasteiger partial charge in [0.1, 0.15) is 13.2 Å². The molecule has 0 fully saturated rings. The Balaban J connectivity index is 1.74. The third-order valence-electron chi connectivity index (χ3n) is 3.50. The van der Waals surface area contributed by atoms with E-state index in [-0.39, 0.29) is 11.9 Å². The molecule has 114 valence electrons. The van der Waals surface area contributed by atoms with Gasteiger partial charge in [-0.05, 0) is 42.8 Å². The van der Waals surface area contributed by atoms with Crippen molar-refractivity contribution in [1.82, 2.24) is 5.32 Å². The van der Waals surface area contributed by atoms with Crippen molar-refractivity contribution in [3.8, 4) is 11.5 Å². The van der Waals surface area contributed by atoms with Gasteiger partial charge in [0.2, 0.25) is 0 Å². The van der Waals surface area contributed by atoms with Gasteiger partial charge in [0.15, 0.2) is 11.5 Å². The Hall–Kier alpha value is -2.01. The number of benzene rings is 2. The van der Waals surface area contributed by atoms with Gasteiger partial charge in [0.25, 0.3) is 5.91 Å². The monoisotopic (exact) mass is 361 g/mol. The van der Waals surface area contributed by atoms with Crippen LogP contribution in [0.4, 0.5) is 0 Å². The van der Waals surface area contributed by atoms with E-state index in [0.29, 0.717) is 18.8 Å². The van der Waals surface area contributed by atoms with Gasteiger partial charge < -0.3 is 14.8 Å². The van der Waals surface area contributed by atoms with E-state index in [2.05, 4.69) is 21.2 Å².